The number of rotatable bonds is 3. The Bertz CT molecular complexity index is 473. The fraction of sp³-hybridized carbons (Fsp3) is 0.273. The Morgan fingerprint density at radius 2 is 2.00 bits per heavy atom. The van der Waals surface area contributed by atoms with Gasteiger partial charge in [0, 0.05) is 29.7 Å². The zero-order valence-corrected chi connectivity index (χ0v) is 10.9. The molecule has 1 atom stereocenters. The van der Waals surface area contributed by atoms with Crippen LogP contribution in [0.25, 0.3) is 10.9 Å². The summed E-state index contributed by atoms with van der Waals surface area (Å²) in [6, 6.07) is 5.21. The van der Waals surface area contributed by atoms with Gasteiger partial charge in [0.2, 0.25) is 0 Å². The number of hydrogen-bond acceptors (Lipinski definition) is 3. The molecule has 0 fully saturated rings. The molecule has 0 spiro atoms. The molecule has 17 heavy (non-hydrogen) atoms. The van der Waals surface area contributed by atoms with Crippen molar-refractivity contribution in [1.29, 1.82) is 0 Å². The molecule has 0 amide bonds. The van der Waals surface area contributed by atoms with Crippen LogP contribution in [0.15, 0.2) is 24.4 Å². The predicted molar refractivity (Wildman–Crippen MR) is 75.2 cm³/mol. The molecule has 0 saturated heterocycles. The molecule has 1 aromatic carbocycles. The molecular weight excluding hydrogens is 261 g/mol. The zero-order chi connectivity index (χ0) is 10.8. The summed E-state index contributed by atoms with van der Waals surface area (Å²) in [6.45, 7) is 0.464. The summed E-state index contributed by atoms with van der Waals surface area (Å²) >= 11 is 0. The highest BCUT2D eigenvalue weighted by Gasteiger charge is 2.07. The van der Waals surface area contributed by atoms with Crippen LogP contribution in [0, 0.1) is 0 Å². The molecule has 2 rings (SSSR count). The Labute approximate surface area is 112 Å². The van der Waals surface area contributed by atoms with Gasteiger partial charge in [-0.2, -0.15) is 0 Å². The topological polar surface area (TPSA) is 88.1 Å². The lowest BCUT2D eigenvalue weighted by molar-refractivity contribution is 0.476. The summed E-state index contributed by atoms with van der Waals surface area (Å²) in [5, 5.41) is 10.4. The first-order valence-electron chi connectivity index (χ1n) is 4.95. The van der Waals surface area contributed by atoms with E-state index in [1.54, 1.807) is 12.1 Å². The van der Waals surface area contributed by atoms with Crippen molar-refractivity contribution in [3.05, 3.63) is 30.0 Å². The van der Waals surface area contributed by atoms with E-state index in [0.717, 1.165) is 22.9 Å². The molecule has 0 aliphatic heterocycles. The quantitative estimate of drug-likeness (QED) is 0.686. The summed E-state index contributed by atoms with van der Waals surface area (Å²) in [7, 11) is 0. The molecule has 1 unspecified atom stereocenters. The Hall–Kier alpha value is -0.940. The fourth-order valence-electron chi connectivity index (χ4n) is 1.70. The van der Waals surface area contributed by atoms with Crippen molar-refractivity contribution >= 4 is 35.7 Å². The van der Waals surface area contributed by atoms with Gasteiger partial charge in [0.15, 0.2) is 0 Å². The first-order valence-corrected chi connectivity index (χ1v) is 4.95. The molecule has 6 heteroatoms. The van der Waals surface area contributed by atoms with Gasteiger partial charge in [-0.05, 0) is 30.2 Å². The third kappa shape index (κ3) is 3.51. The van der Waals surface area contributed by atoms with Crippen LogP contribution < -0.4 is 11.5 Å². The van der Waals surface area contributed by atoms with E-state index in [1.807, 2.05) is 12.3 Å². The van der Waals surface area contributed by atoms with E-state index in [1.165, 1.54) is 0 Å². The van der Waals surface area contributed by atoms with Crippen LogP contribution in [0.2, 0.25) is 0 Å². The Morgan fingerprint density at radius 3 is 2.65 bits per heavy atom. The van der Waals surface area contributed by atoms with Gasteiger partial charge in [-0.3, -0.25) is 0 Å². The summed E-state index contributed by atoms with van der Waals surface area (Å²) < 4.78 is 0. The summed E-state index contributed by atoms with van der Waals surface area (Å²) in [6.07, 6.45) is 2.64. The van der Waals surface area contributed by atoms with Crippen molar-refractivity contribution in [2.75, 3.05) is 6.54 Å². The molecule has 1 aromatic heterocycles. The molecule has 0 aliphatic carbocycles. The minimum atomic E-state index is -0.0358. The molecule has 6 N–H and O–H groups in total. The van der Waals surface area contributed by atoms with E-state index >= 15 is 0 Å². The number of fused-ring (bicyclic) bond motifs is 1. The van der Waals surface area contributed by atoms with Crippen molar-refractivity contribution in [2.24, 2.45) is 11.5 Å². The number of phenolic OH excluding ortho intramolecular Hbond substituents is 1. The van der Waals surface area contributed by atoms with Crippen LogP contribution in [0.5, 0.6) is 5.75 Å². The van der Waals surface area contributed by atoms with Gasteiger partial charge in [-0.15, -0.1) is 24.8 Å². The molecular formula is C11H17Cl2N3O. The lowest BCUT2D eigenvalue weighted by Gasteiger charge is -2.06. The molecule has 2 aromatic rings. The van der Waals surface area contributed by atoms with Crippen molar-refractivity contribution in [3.8, 4) is 5.75 Å². The van der Waals surface area contributed by atoms with Gasteiger partial charge in [-0.1, -0.05) is 0 Å². The number of phenols is 1. The van der Waals surface area contributed by atoms with Crippen LogP contribution in [-0.4, -0.2) is 22.7 Å². The van der Waals surface area contributed by atoms with Crippen LogP contribution in [0.3, 0.4) is 0 Å². The first-order chi connectivity index (χ1) is 7.20. The highest BCUT2D eigenvalue weighted by atomic mass is 35.5. The second-order valence-corrected chi connectivity index (χ2v) is 3.74. The fourth-order valence-corrected chi connectivity index (χ4v) is 1.70. The second-order valence-electron chi connectivity index (χ2n) is 3.74. The summed E-state index contributed by atoms with van der Waals surface area (Å²) in [4.78, 5) is 3.14. The summed E-state index contributed by atoms with van der Waals surface area (Å²) in [5.41, 5.74) is 13.4. The highest BCUT2D eigenvalue weighted by Crippen LogP contribution is 2.23. The predicted octanol–water partition coefficient (Wildman–Crippen LogP) is 1.55. The van der Waals surface area contributed by atoms with Crippen LogP contribution in [0.1, 0.15) is 5.56 Å². The van der Waals surface area contributed by atoms with E-state index in [2.05, 4.69) is 4.98 Å². The number of H-pyrrole nitrogens is 1. The van der Waals surface area contributed by atoms with Gasteiger partial charge < -0.3 is 21.6 Å². The third-order valence-corrected chi connectivity index (χ3v) is 2.54. The van der Waals surface area contributed by atoms with E-state index in [0.29, 0.717) is 6.54 Å². The van der Waals surface area contributed by atoms with Gasteiger partial charge in [-0.25, -0.2) is 0 Å². The SMILES string of the molecule is Cl.Cl.NCC(N)Cc1c[nH]c2ccc(O)cc12. The van der Waals surface area contributed by atoms with E-state index in [-0.39, 0.29) is 36.6 Å². The van der Waals surface area contributed by atoms with Crippen LogP contribution in [-0.2, 0) is 6.42 Å². The molecule has 96 valence electrons. The first kappa shape index (κ1) is 16.1. The zero-order valence-electron chi connectivity index (χ0n) is 9.22. The average molecular weight is 278 g/mol. The van der Waals surface area contributed by atoms with Crippen molar-refractivity contribution in [3.63, 3.8) is 0 Å². The smallest absolute Gasteiger partial charge is 0.116 e. The Morgan fingerprint density at radius 1 is 1.29 bits per heavy atom. The van der Waals surface area contributed by atoms with Crippen molar-refractivity contribution in [2.45, 2.75) is 12.5 Å². The third-order valence-electron chi connectivity index (χ3n) is 2.54. The standard InChI is InChI=1S/C11H15N3O.2ClH/c12-5-8(13)3-7-6-14-11-2-1-9(15)4-10(7)11;;/h1-2,4,6,8,14-15H,3,5,12-13H2;2*1H. The minimum Gasteiger partial charge on any atom is -0.508 e. The van der Waals surface area contributed by atoms with Gasteiger partial charge in [0.1, 0.15) is 5.75 Å². The largest absolute Gasteiger partial charge is 0.508 e. The van der Waals surface area contributed by atoms with Gasteiger partial charge in [0.25, 0.3) is 0 Å². The monoisotopic (exact) mass is 277 g/mol. The number of nitrogens with one attached hydrogen (secondary N) is 1. The minimum absolute atomic E-state index is 0. The van der Waals surface area contributed by atoms with E-state index in [4.69, 9.17) is 11.5 Å². The van der Waals surface area contributed by atoms with Crippen molar-refractivity contribution in [1.82, 2.24) is 4.98 Å². The number of aromatic amines is 1. The maximum absolute atomic E-state index is 9.39. The number of aromatic nitrogens is 1. The maximum atomic E-state index is 9.39. The number of halogens is 2. The lowest BCUT2D eigenvalue weighted by atomic mass is 10.1. The van der Waals surface area contributed by atoms with Crippen LogP contribution in [0.4, 0.5) is 0 Å². The number of nitrogens with two attached hydrogens (primary N) is 2. The Kier molecular flexibility index (Phi) is 6.34. The van der Waals surface area contributed by atoms with Gasteiger partial charge in [0.05, 0.1) is 0 Å². The normalized spacial score (nSPS) is 11.6. The second kappa shape index (κ2) is 6.71. The van der Waals surface area contributed by atoms with E-state index in [9.17, 15) is 5.11 Å². The molecule has 0 saturated carbocycles. The molecule has 0 radical (unpaired) electrons. The van der Waals surface area contributed by atoms with E-state index < -0.39 is 0 Å². The lowest BCUT2D eigenvalue weighted by Crippen LogP contribution is -2.31. The molecule has 0 bridgehead atoms. The molecule has 0 aliphatic rings. The maximum Gasteiger partial charge on any atom is 0.116 e. The number of hydrogen-bond donors (Lipinski definition) is 4. The number of aromatic hydroxyl groups is 1. The number of benzene rings is 1. The average Bonchev–Trinajstić information content (AvgIpc) is 2.61. The van der Waals surface area contributed by atoms with Crippen LogP contribution >= 0.6 is 24.8 Å². The molecule has 1 heterocycles. The molecule has 4 nitrogen and oxygen atoms in total. The van der Waals surface area contributed by atoms with Gasteiger partial charge >= 0.3 is 0 Å². The van der Waals surface area contributed by atoms with Crippen molar-refractivity contribution < 1.29 is 5.11 Å². The highest BCUT2D eigenvalue weighted by molar-refractivity contribution is 5.86. The Balaban J connectivity index is 0.00000128. The summed E-state index contributed by atoms with van der Waals surface area (Å²) in [5.74, 6) is 0.268.